The highest BCUT2D eigenvalue weighted by Gasteiger charge is 2.30. The Kier molecular flexibility index (Phi) is 4.02. The van der Waals surface area contributed by atoms with Crippen molar-refractivity contribution in [3.8, 4) is 0 Å². The van der Waals surface area contributed by atoms with E-state index in [1.165, 1.54) is 12.8 Å². The van der Waals surface area contributed by atoms with E-state index in [2.05, 4.69) is 13.0 Å². The van der Waals surface area contributed by atoms with Crippen LogP contribution in [0.25, 0.3) is 11.0 Å². The zero-order valence-electron chi connectivity index (χ0n) is 14.7. The molecule has 2 fully saturated rings. The lowest BCUT2D eigenvalue weighted by molar-refractivity contribution is 0.0794. The van der Waals surface area contributed by atoms with Gasteiger partial charge in [-0.3, -0.25) is 4.79 Å². The van der Waals surface area contributed by atoms with Crippen LogP contribution in [-0.4, -0.2) is 38.7 Å². The molecule has 3 heterocycles. The first-order chi connectivity index (χ1) is 11.7. The third-order valence-corrected chi connectivity index (χ3v) is 5.24. The minimum Gasteiger partial charge on any atom is -0.339 e. The molecule has 128 valence electrons. The molecule has 2 aromatic heterocycles. The van der Waals surface area contributed by atoms with Crippen LogP contribution in [0.3, 0.4) is 0 Å². The SMILES string of the molecule is CCCCn1nc(C)c2c(C(=O)N3CCCC3)cc(C3CC3)nc21. The van der Waals surface area contributed by atoms with Gasteiger partial charge in [-0.1, -0.05) is 13.3 Å². The fraction of sp³-hybridized carbons (Fsp3) is 0.632. The topological polar surface area (TPSA) is 51.0 Å². The van der Waals surface area contributed by atoms with Gasteiger partial charge in [0.1, 0.15) is 0 Å². The first-order valence-corrected chi connectivity index (χ1v) is 9.36. The number of carbonyl (C=O) groups excluding carboxylic acids is 1. The number of aromatic nitrogens is 3. The van der Waals surface area contributed by atoms with Gasteiger partial charge in [0.15, 0.2) is 5.65 Å². The van der Waals surface area contributed by atoms with Crippen molar-refractivity contribution in [2.45, 2.75) is 64.8 Å². The van der Waals surface area contributed by atoms with E-state index in [1.54, 1.807) is 0 Å². The molecule has 0 N–H and O–H groups in total. The van der Waals surface area contributed by atoms with Gasteiger partial charge in [0, 0.05) is 31.2 Å². The number of carbonyl (C=O) groups is 1. The van der Waals surface area contributed by atoms with E-state index in [9.17, 15) is 4.79 Å². The molecule has 2 aromatic rings. The molecule has 2 aliphatic rings. The highest BCUT2D eigenvalue weighted by Crippen LogP contribution is 2.40. The predicted molar refractivity (Wildman–Crippen MR) is 94.3 cm³/mol. The number of hydrogen-bond acceptors (Lipinski definition) is 3. The average molecular weight is 326 g/mol. The molecule has 0 unspecified atom stereocenters. The number of amides is 1. The summed E-state index contributed by atoms with van der Waals surface area (Å²) in [7, 11) is 0. The summed E-state index contributed by atoms with van der Waals surface area (Å²) in [6, 6.07) is 2.06. The number of aryl methyl sites for hydroxylation is 2. The molecule has 4 rings (SSSR count). The largest absolute Gasteiger partial charge is 0.339 e. The van der Waals surface area contributed by atoms with Crippen LogP contribution >= 0.6 is 0 Å². The zero-order chi connectivity index (χ0) is 16.7. The molecule has 0 aromatic carbocycles. The van der Waals surface area contributed by atoms with Crippen LogP contribution in [0.4, 0.5) is 0 Å². The monoisotopic (exact) mass is 326 g/mol. The molecule has 1 saturated heterocycles. The van der Waals surface area contributed by atoms with Crippen LogP contribution in [0.5, 0.6) is 0 Å². The summed E-state index contributed by atoms with van der Waals surface area (Å²) < 4.78 is 2.01. The van der Waals surface area contributed by atoms with E-state index in [0.29, 0.717) is 5.92 Å². The lowest BCUT2D eigenvalue weighted by Gasteiger charge is -2.16. The smallest absolute Gasteiger partial charge is 0.254 e. The van der Waals surface area contributed by atoms with Crippen molar-refractivity contribution < 1.29 is 4.79 Å². The fourth-order valence-electron chi connectivity index (χ4n) is 3.68. The van der Waals surface area contributed by atoms with Gasteiger partial charge in [-0.15, -0.1) is 0 Å². The molecule has 0 atom stereocenters. The summed E-state index contributed by atoms with van der Waals surface area (Å²) in [5.74, 6) is 0.703. The van der Waals surface area contributed by atoms with Crippen molar-refractivity contribution in [1.82, 2.24) is 19.7 Å². The van der Waals surface area contributed by atoms with Gasteiger partial charge >= 0.3 is 0 Å². The second-order valence-electron chi connectivity index (χ2n) is 7.23. The Labute approximate surface area is 143 Å². The predicted octanol–water partition coefficient (Wildman–Crippen LogP) is 3.65. The molecule has 5 nitrogen and oxygen atoms in total. The maximum atomic E-state index is 13.1. The first kappa shape index (κ1) is 15.6. The summed E-state index contributed by atoms with van der Waals surface area (Å²) in [6.07, 6.45) is 6.83. The Hall–Kier alpha value is -1.91. The van der Waals surface area contributed by atoms with Gasteiger partial charge in [0.2, 0.25) is 0 Å². The molecular formula is C19H26N4O. The second-order valence-corrected chi connectivity index (χ2v) is 7.23. The van der Waals surface area contributed by atoms with Gasteiger partial charge in [-0.25, -0.2) is 9.67 Å². The second kappa shape index (κ2) is 6.19. The molecule has 0 spiro atoms. The van der Waals surface area contributed by atoms with E-state index < -0.39 is 0 Å². The summed E-state index contributed by atoms with van der Waals surface area (Å²) in [6.45, 7) is 6.82. The lowest BCUT2D eigenvalue weighted by Crippen LogP contribution is -2.28. The number of pyridine rings is 1. The fourth-order valence-corrected chi connectivity index (χ4v) is 3.68. The quantitative estimate of drug-likeness (QED) is 0.842. The van der Waals surface area contributed by atoms with E-state index in [1.807, 2.05) is 16.5 Å². The van der Waals surface area contributed by atoms with E-state index >= 15 is 0 Å². The lowest BCUT2D eigenvalue weighted by atomic mass is 10.1. The van der Waals surface area contributed by atoms with Crippen molar-refractivity contribution in [3.05, 3.63) is 23.0 Å². The van der Waals surface area contributed by atoms with Gasteiger partial charge in [-0.2, -0.15) is 5.10 Å². The molecule has 1 saturated carbocycles. The van der Waals surface area contributed by atoms with Crippen molar-refractivity contribution in [1.29, 1.82) is 0 Å². The van der Waals surface area contributed by atoms with Crippen LogP contribution in [0.1, 0.15) is 73.1 Å². The summed E-state index contributed by atoms with van der Waals surface area (Å²) in [4.78, 5) is 20.0. The molecule has 1 aliphatic carbocycles. The number of hydrogen-bond donors (Lipinski definition) is 0. The maximum Gasteiger partial charge on any atom is 0.254 e. The Bertz CT molecular complexity index is 769. The molecule has 0 radical (unpaired) electrons. The molecule has 5 heteroatoms. The standard InChI is InChI=1S/C19H26N4O/c1-3-4-11-23-18-17(13(2)21-23)15(12-16(20-18)14-7-8-14)19(24)22-9-5-6-10-22/h12,14H,3-11H2,1-2H3. The van der Waals surface area contributed by atoms with Crippen molar-refractivity contribution in [2.24, 2.45) is 0 Å². The third-order valence-electron chi connectivity index (χ3n) is 5.24. The van der Waals surface area contributed by atoms with E-state index in [-0.39, 0.29) is 5.91 Å². The minimum absolute atomic E-state index is 0.167. The van der Waals surface area contributed by atoms with Crippen molar-refractivity contribution >= 4 is 16.9 Å². The van der Waals surface area contributed by atoms with Crippen molar-refractivity contribution in [3.63, 3.8) is 0 Å². The number of rotatable bonds is 5. The van der Waals surface area contributed by atoms with E-state index in [4.69, 9.17) is 10.1 Å². The normalized spacial score (nSPS) is 17.8. The van der Waals surface area contributed by atoms with Crippen LogP contribution in [-0.2, 0) is 6.54 Å². The molecule has 1 amide bonds. The number of unbranched alkanes of at least 4 members (excludes halogenated alkanes) is 1. The molecule has 24 heavy (non-hydrogen) atoms. The number of likely N-dealkylation sites (tertiary alicyclic amines) is 1. The Balaban J connectivity index is 1.83. The van der Waals surface area contributed by atoms with Crippen molar-refractivity contribution in [2.75, 3.05) is 13.1 Å². The Morgan fingerprint density at radius 3 is 2.71 bits per heavy atom. The number of fused-ring (bicyclic) bond motifs is 1. The highest BCUT2D eigenvalue weighted by atomic mass is 16.2. The summed E-state index contributed by atoms with van der Waals surface area (Å²) in [5, 5.41) is 5.67. The van der Waals surface area contributed by atoms with Gasteiger partial charge in [0.25, 0.3) is 5.91 Å². The molecule has 1 aliphatic heterocycles. The van der Waals surface area contributed by atoms with Gasteiger partial charge < -0.3 is 4.90 Å². The van der Waals surface area contributed by atoms with Crippen LogP contribution in [0.15, 0.2) is 6.07 Å². The Morgan fingerprint density at radius 2 is 2.04 bits per heavy atom. The summed E-state index contributed by atoms with van der Waals surface area (Å²) in [5.41, 5.74) is 3.75. The van der Waals surface area contributed by atoms with Gasteiger partial charge in [-0.05, 0) is 45.1 Å². The third kappa shape index (κ3) is 2.70. The highest BCUT2D eigenvalue weighted by molar-refractivity contribution is 6.06. The van der Waals surface area contributed by atoms with Crippen LogP contribution < -0.4 is 0 Å². The summed E-state index contributed by atoms with van der Waals surface area (Å²) >= 11 is 0. The van der Waals surface area contributed by atoms with Gasteiger partial charge in [0.05, 0.1) is 16.6 Å². The average Bonchev–Trinajstić information content (AvgIpc) is 3.20. The maximum absolute atomic E-state index is 13.1. The van der Waals surface area contributed by atoms with Crippen LogP contribution in [0, 0.1) is 6.92 Å². The first-order valence-electron chi connectivity index (χ1n) is 9.36. The van der Waals surface area contributed by atoms with E-state index in [0.717, 1.165) is 73.3 Å². The zero-order valence-corrected chi connectivity index (χ0v) is 14.7. The molecular weight excluding hydrogens is 300 g/mol. The number of nitrogens with zero attached hydrogens (tertiary/aromatic N) is 4. The molecule has 0 bridgehead atoms. The van der Waals surface area contributed by atoms with Crippen LogP contribution in [0.2, 0.25) is 0 Å². The Morgan fingerprint density at radius 1 is 1.29 bits per heavy atom. The minimum atomic E-state index is 0.167.